The average Bonchev–Trinajstić information content (AvgIpc) is 3.04. The van der Waals surface area contributed by atoms with E-state index in [0.29, 0.717) is 34.8 Å². The lowest BCUT2D eigenvalue weighted by atomic mass is 9.89. The van der Waals surface area contributed by atoms with Crippen LogP contribution < -0.4 is 27.4 Å². The number of rotatable bonds is 16. The van der Waals surface area contributed by atoms with Crippen LogP contribution in [0.5, 0.6) is 0 Å². The summed E-state index contributed by atoms with van der Waals surface area (Å²) in [5, 5.41) is 10.4. The number of hydrogen-bond donors (Lipinski definition) is 5. The highest BCUT2D eigenvalue weighted by Crippen LogP contribution is 2.32. The third-order valence-electron chi connectivity index (χ3n) is 8.73. The molecule has 0 saturated heterocycles. The summed E-state index contributed by atoms with van der Waals surface area (Å²) in [6.45, 7) is 31.8. The number of likely N-dealkylation sites (N-methyl/N-ethyl adjacent to an activating group) is 1. The first-order valence-electron chi connectivity index (χ1n) is 15.5. The van der Waals surface area contributed by atoms with Crippen molar-refractivity contribution in [2.24, 2.45) is 11.5 Å². The maximum absolute atomic E-state index is 14.7. The van der Waals surface area contributed by atoms with E-state index in [0.717, 1.165) is 40.1 Å². The Morgan fingerprint density at radius 2 is 1.78 bits per heavy atom. The fourth-order valence-corrected chi connectivity index (χ4v) is 5.30. The third-order valence-corrected chi connectivity index (χ3v) is 8.73. The number of aryl methyl sites for hydroxylation is 1. The van der Waals surface area contributed by atoms with Crippen LogP contribution >= 0.6 is 0 Å². The van der Waals surface area contributed by atoms with Gasteiger partial charge in [0.25, 0.3) is 0 Å². The molecule has 3 rings (SSSR count). The number of hydrogen-bond acceptors (Lipinski definition) is 6. The zero-order valence-corrected chi connectivity index (χ0v) is 28.4. The zero-order chi connectivity index (χ0) is 34.3. The molecule has 0 radical (unpaired) electrons. The van der Waals surface area contributed by atoms with E-state index in [9.17, 15) is 4.39 Å². The first-order chi connectivity index (χ1) is 21.6. The highest BCUT2D eigenvalue weighted by Gasteiger charge is 2.27. The Hall–Kier alpha value is -4.75. The van der Waals surface area contributed by atoms with Crippen LogP contribution in [0.1, 0.15) is 68.0 Å². The van der Waals surface area contributed by atoms with Crippen LogP contribution in [0.4, 0.5) is 4.39 Å². The summed E-state index contributed by atoms with van der Waals surface area (Å²) in [5.41, 5.74) is 22.4. The van der Waals surface area contributed by atoms with Gasteiger partial charge in [0, 0.05) is 60.3 Å². The summed E-state index contributed by atoms with van der Waals surface area (Å²) in [4.78, 5) is 1.98. The van der Waals surface area contributed by atoms with Gasteiger partial charge in [0.05, 0.1) is 22.8 Å². The van der Waals surface area contributed by atoms with Crippen molar-refractivity contribution < 1.29 is 4.39 Å². The van der Waals surface area contributed by atoms with Crippen molar-refractivity contribution in [3.05, 3.63) is 160 Å². The summed E-state index contributed by atoms with van der Waals surface area (Å²) >= 11 is 0. The van der Waals surface area contributed by atoms with Crippen LogP contribution in [0.25, 0.3) is 6.08 Å². The average molecular weight is 623 g/mol. The van der Waals surface area contributed by atoms with Gasteiger partial charge in [-0.15, -0.1) is 0 Å². The molecule has 2 aromatic carbocycles. The van der Waals surface area contributed by atoms with Gasteiger partial charge in [-0.25, -0.2) is 4.39 Å². The predicted octanol–water partition coefficient (Wildman–Crippen LogP) is 7.48. The van der Waals surface area contributed by atoms with Crippen molar-refractivity contribution in [2.75, 3.05) is 7.05 Å². The highest BCUT2D eigenvalue weighted by molar-refractivity contribution is 5.65. The Labute approximate surface area is 275 Å². The number of allylic oxidation sites excluding steroid dienone is 3. The molecule has 0 fully saturated rings. The van der Waals surface area contributed by atoms with Crippen LogP contribution in [0, 0.1) is 12.7 Å². The van der Waals surface area contributed by atoms with Crippen molar-refractivity contribution in [2.45, 2.75) is 65.7 Å². The van der Waals surface area contributed by atoms with Gasteiger partial charge in [0.1, 0.15) is 5.82 Å². The van der Waals surface area contributed by atoms with Gasteiger partial charge in [0.2, 0.25) is 0 Å². The molecule has 0 amide bonds. The van der Waals surface area contributed by atoms with Gasteiger partial charge in [-0.2, -0.15) is 0 Å². The van der Waals surface area contributed by atoms with Gasteiger partial charge in [0.15, 0.2) is 0 Å². The normalized spacial score (nSPS) is 14.5. The molecular weight excluding hydrogens is 571 g/mol. The van der Waals surface area contributed by atoms with E-state index in [1.165, 1.54) is 17.2 Å². The lowest BCUT2D eigenvalue weighted by Crippen LogP contribution is -2.43. The number of benzene rings is 2. The van der Waals surface area contributed by atoms with Gasteiger partial charge in [-0.05, 0) is 80.2 Å². The van der Waals surface area contributed by atoms with Crippen molar-refractivity contribution in [1.29, 1.82) is 0 Å². The van der Waals surface area contributed by atoms with Crippen molar-refractivity contribution in [1.82, 2.24) is 20.9 Å². The second-order valence-electron chi connectivity index (χ2n) is 12.3. The Kier molecular flexibility index (Phi) is 11.7. The molecule has 0 aliphatic heterocycles. The fraction of sp³-hybridized carbons (Fsp3) is 0.282. The Morgan fingerprint density at radius 1 is 1.09 bits per heavy atom. The minimum absolute atomic E-state index is 0.128. The molecule has 1 atom stereocenters. The predicted molar refractivity (Wildman–Crippen MR) is 193 cm³/mol. The van der Waals surface area contributed by atoms with E-state index in [1.54, 1.807) is 12.3 Å². The minimum atomic E-state index is -0.452. The summed E-state index contributed by atoms with van der Waals surface area (Å²) in [7, 11) is 1.94. The molecule has 0 bridgehead atoms. The number of nitrogens with one attached hydrogen (secondary N) is 3. The monoisotopic (exact) mass is 622 g/mol. The largest absolute Gasteiger partial charge is 0.403 e. The molecule has 0 heterocycles. The molecule has 1 aliphatic carbocycles. The smallest absolute Gasteiger partial charge is 0.128 e. The van der Waals surface area contributed by atoms with Crippen molar-refractivity contribution in [3.8, 4) is 0 Å². The molecule has 6 nitrogen and oxygen atoms in total. The molecule has 0 aromatic heterocycles. The van der Waals surface area contributed by atoms with Gasteiger partial charge in [-0.3, -0.25) is 0 Å². The topological polar surface area (TPSA) is 91.4 Å². The second kappa shape index (κ2) is 15.0. The molecule has 7 heteroatoms. The molecule has 2 aromatic rings. The summed E-state index contributed by atoms with van der Waals surface area (Å²) in [6, 6.07) is 11.6. The number of nitrogens with two attached hydrogens (primary N) is 2. The highest BCUT2D eigenvalue weighted by atomic mass is 19.1. The van der Waals surface area contributed by atoms with Crippen LogP contribution in [0.3, 0.4) is 0 Å². The van der Waals surface area contributed by atoms with Gasteiger partial charge >= 0.3 is 0 Å². The molecular formula is C39H51FN6. The van der Waals surface area contributed by atoms with E-state index >= 15 is 0 Å². The Balaban J connectivity index is 1.80. The number of halogens is 1. The van der Waals surface area contributed by atoms with Crippen LogP contribution in [-0.2, 0) is 13.1 Å². The van der Waals surface area contributed by atoms with E-state index in [-0.39, 0.29) is 18.4 Å². The molecule has 46 heavy (non-hydrogen) atoms. The minimum Gasteiger partial charge on any atom is -0.403 e. The van der Waals surface area contributed by atoms with Gasteiger partial charge in [-0.1, -0.05) is 70.2 Å². The molecule has 0 unspecified atom stereocenters. The van der Waals surface area contributed by atoms with Crippen LogP contribution in [0.15, 0.2) is 127 Å². The molecule has 0 saturated carbocycles. The summed E-state index contributed by atoms with van der Waals surface area (Å²) in [6.07, 6.45) is 6.37. The fourth-order valence-electron chi connectivity index (χ4n) is 5.30. The van der Waals surface area contributed by atoms with E-state index in [1.807, 2.05) is 37.1 Å². The van der Waals surface area contributed by atoms with Crippen molar-refractivity contribution >= 4 is 6.08 Å². The van der Waals surface area contributed by atoms with Crippen molar-refractivity contribution in [3.63, 3.8) is 0 Å². The van der Waals surface area contributed by atoms with E-state index < -0.39 is 5.54 Å². The zero-order valence-electron chi connectivity index (χ0n) is 28.4. The van der Waals surface area contributed by atoms with E-state index in [2.05, 4.69) is 94.7 Å². The molecule has 0 spiro atoms. The lowest BCUT2D eigenvalue weighted by Gasteiger charge is -2.35. The summed E-state index contributed by atoms with van der Waals surface area (Å²) in [5.74, 6) is -0.301. The Morgan fingerprint density at radius 3 is 2.37 bits per heavy atom. The third kappa shape index (κ3) is 8.09. The Bertz CT molecular complexity index is 1640. The second-order valence-corrected chi connectivity index (χ2v) is 12.3. The first kappa shape index (κ1) is 35.7. The van der Waals surface area contributed by atoms with E-state index in [4.69, 9.17) is 11.5 Å². The lowest BCUT2D eigenvalue weighted by molar-refractivity contribution is 0.379. The number of nitrogens with zero attached hydrogens (tertiary/aromatic N) is 1. The van der Waals surface area contributed by atoms with Crippen LogP contribution in [0.2, 0.25) is 0 Å². The SMILES string of the molecule is C=Cc1ccc([C@H](CC)NC(C)(C)C(=C)/C=C(/C(=C)NCc2ccc(F)c(CNC3=C(N)C(=C)C3=C)c2)N(C)/C(C)=C\N)c(C)c1. The molecule has 244 valence electrons. The van der Waals surface area contributed by atoms with Crippen LogP contribution in [-0.4, -0.2) is 17.5 Å². The molecule has 1 aliphatic rings. The maximum atomic E-state index is 14.7. The molecule has 7 N–H and O–H groups in total. The standard InChI is InChI=1S/C39H51FN6/c1-12-30-14-16-33(24(3)18-30)35(13-2)45-39(9,10)25(4)19-36(46(11)26(5)21-41)29(8)43-22-31-15-17-34(40)32(20-31)23-44-38-28(7)27(6)37(38)42/h12,14-21,35,43-45H,1,4,6-8,13,22-23,41-42H2,2-3,5,9-11H3/b26-21-,36-19-/t35-/m0/s1. The maximum Gasteiger partial charge on any atom is 0.128 e. The summed E-state index contributed by atoms with van der Waals surface area (Å²) < 4.78 is 14.7. The quantitative estimate of drug-likeness (QED) is 0.125. The first-order valence-corrected chi connectivity index (χ1v) is 15.5. The van der Waals surface area contributed by atoms with Gasteiger partial charge < -0.3 is 32.3 Å².